The lowest BCUT2D eigenvalue weighted by molar-refractivity contribution is 0.354. The van der Waals surface area contributed by atoms with Crippen molar-refractivity contribution in [1.29, 1.82) is 0 Å². The molecular weight excluding hydrogens is 314 g/mol. The molecule has 2 rings (SSSR count). The molecule has 0 saturated heterocycles. The van der Waals surface area contributed by atoms with Crippen LogP contribution in [0.25, 0.3) is 0 Å². The van der Waals surface area contributed by atoms with E-state index in [0.717, 1.165) is 0 Å². The van der Waals surface area contributed by atoms with E-state index in [1.165, 1.54) is 30.7 Å². The van der Waals surface area contributed by atoms with Crippen molar-refractivity contribution in [3.8, 4) is 11.5 Å². The summed E-state index contributed by atoms with van der Waals surface area (Å²) < 4.78 is 37.9. The third kappa shape index (κ3) is 3.42. The first kappa shape index (κ1) is 17.1. The van der Waals surface area contributed by atoms with Gasteiger partial charge in [0, 0.05) is 12.1 Å². The molecule has 0 heterocycles. The average molecular weight is 335 g/mol. The fourth-order valence-electron chi connectivity index (χ4n) is 2.38. The smallest absolute Gasteiger partial charge is 0.264 e. The van der Waals surface area contributed by atoms with Gasteiger partial charge in [-0.25, -0.2) is 8.42 Å². The first-order valence-electron chi connectivity index (χ1n) is 7.23. The molecule has 0 aliphatic carbocycles. The summed E-state index contributed by atoms with van der Waals surface area (Å²) in [6.07, 6.45) is 0. The molecule has 0 aliphatic heterocycles. The fourth-order valence-corrected chi connectivity index (χ4v) is 4.06. The Hall–Kier alpha value is -2.21. The van der Waals surface area contributed by atoms with Gasteiger partial charge in [0.15, 0.2) is 11.5 Å². The van der Waals surface area contributed by atoms with Gasteiger partial charge in [0.1, 0.15) is 0 Å². The second-order valence-corrected chi connectivity index (χ2v) is 7.06. The molecule has 23 heavy (non-hydrogen) atoms. The Morgan fingerprint density at radius 3 is 2.04 bits per heavy atom. The van der Waals surface area contributed by atoms with Crippen molar-refractivity contribution < 1.29 is 17.9 Å². The SMILES string of the molecule is COc1ccc(S(=O)(=O)N(c2ccccc2)C(C)C)cc1OC. The van der Waals surface area contributed by atoms with Crippen LogP contribution in [-0.2, 0) is 10.0 Å². The number of hydrogen-bond acceptors (Lipinski definition) is 4. The maximum absolute atomic E-state index is 13.1. The lowest BCUT2D eigenvalue weighted by atomic mass is 10.3. The standard InChI is InChI=1S/C17H21NO4S/c1-13(2)18(14-8-6-5-7-9-14)23(19,20)15-10-11-16(21-3)17(12-15)22-4/h5-13H,1-4H3. The molecule has 2 aromatic carbocycles. The van der Waals surface area contributed by atoms with Gasteiger partial charge in [-0.15, -0.1) is 0 Å². The van der Waals surface area contributed by atoms with Gasteiger partial charge in [-0.05, 0) is 38.1 Å². The molecule has 0 fully saturated rings. The highest BCUT2D eigenvalue weighted by molar-refractivity contribution is 7.92. The van der Waals surface area contributed by atoms with Crippen LogP contribution < -0.4 is 13.8 Å². The number of para-hydroxylation sites is 1. The summed E-state index contributed by atoms with van der Waals surface area (Å²) in [6, 6.07) is 13.4. The Morgan fingerprint density at radius 2 is 1.52 bits per heavy atom. The van der Waals surface area contributed by atoms with Crippen LogP contribution in [0.3, 0.4) is 0 Å². The van der Waals surface area contributed by atoms with Gasteiger partial charge in [-0.2, -0.15) is 0 Å². The van der Waals surface area contributed by atoms with Crippen LogP contribution in [0.15, 0.2) is 53.4 Å². The number of anilines is 1. The Labute approximate surface area is 137 Å². The van der Waals surface area contributed by atoms with Crippen molar-refractivity contribution in [2.45, 2.75) is 24.8 Å². The van der Waals surface area contributed by atoms with E-state index in [1.807, 2.05) is 32.0 Å². The minimum Gasteiger partial charge on any atom is -0.493 e. The highest BCUT2D eigenvalue weighted by atomic mass is 32.2. The fraction of sp³-hybridized carbons (Fsp3) is 0.294. The molecule has 0 bridgehead atoms. The van der Waals surface area contributed by atoms with E-state index in [2.05, 4.69) is 0 Å². The molecule has 5 nitrogen and oxygen atoms in total. The Morgan fingerprint density at radius 1 is 0.913 bits per heavy atom. The van der Waals surface area contributed by atoms with Crippen LogP contribution in [0.4, 0.5) is 5.69 Å². The van der Waals surface area contributed by atoms with Gasteiger partial charge in [-0.1, -0.05) is 18.2 Å². The molecular formula is C17H21NO4S. The highest BCUT2D eigenvalue weighted by Gasteiger charge is 2.28. The van der Waals surface area contributed by atoms with Gasteiger partial charge in [0.05, 0.1) is 24.8 Å². The molecule has 0 N–H and O–H groups in total. The quantitative estimate of drug-likeness (QED) is 0.813. The van der Waals surface area contributed by atoms with Crippen LogP contribution in [0.5, 0.6) is 11.5 Å². The van der Waals surface area contributed by atoms with Crippen molar-refractivity contribution in [3.63, 3.8) is 0 Å². The second kappa shape index (κ2) is 6.91. The van der Waals surface area contributed by atoms with Crippen molar-refractivity contribution in [3.05, 3.63) is 48.5 Å². The summed E-state index contributed by atoms with van der Waals surface area (Å²) in [7, 11) is -0.725. The van der Waals surface area contributed by atoms with Crippen molar-refractivity contribution in [1.82, 2.24) is 0 Å². The minimum absolute atomic E-state index is 0.160. The van der Waals surface area contributed by atoms with Gasteiger partial charge >= 0.3 is 0 Å². The van der Waals surface area contributed by atoms with E-state index in [1.54, 1.807) is 18.2 Å². The van der Waals surface area contributed by atoms with E-state index >= 15 is 0 Å². The van der Waals surface area contributed by atoms with Crippen molar-refractivity contribution in [2.75, 3.05) is 18.5 Å². The number of ether oxygens (including phenoxy) is 2. The summed E-state index contributed by atoms with van der Waals surface area (Å²) in [5.74, 6) is 0.868. The van der Waals surface area contributed by atoms with Crippen LogP contribution in [0.1, 0.15) is 13.8 Å². The van der Waals surface area contributed by atoms with Crippen LogP contribution in [-0.4, -0.2) is 28.7 Å². The van der Waals surface area contributed by atoms with Gasteiger partial charge in [0.2, 0.25) is 0 Å². The monoisotopic (exact) mass is 335 g/mol. The lowest BCUT2D eigenvalue weighted by Gasteiger charge is -2.28. The zero-order valence-electron chi connectivity index (χ0n) is 13.7. The number of hydrogen-bond donors (Lipinski definition) is 0. The van der Waals surface area contributed by atoms with E-state index in [-0.39, 0.29) is 10.9 Å². The third-order valence-corrected chi connectivity index (χ3v) is 5.39. The summed E-state index contributed by atoms with van der Waals surface area (Å²) >= 11 is 0. The molecule has 0 spiro atoms. The van der Waals surface area contributed by atoms with Gasteiger partial charge < -0.3 is 9.47 Å². The number of benzene rings is 2. The Balaban J connectivity index is 2.55. The number of methoxy groups -OCH3 is 2. The van der Waals surface area contributed by atoms with Crippen LogP contribution in [0.2, 0.25) is 0 Å². The second-order valence-electron chi connectivity index (χ2n) is 5.25. The predicted octanol–water partition coefficient (Wildman–Crippen LogP) is 3.31. The normalized spacial score (nSPS) is 11.3. The summed E-state index contributed by atoms with van der Waals surface area (Å²) in [5.41, 5.74) is 0.622. The number of rotatable bonds is 6. The minimum atomic E-state index is -3.71. The maximum Gasteiger partial charge on any atom is 0.264 e. The zero-order chi connectivity index (χ0) is 17.0. The largest absolute Gasteiger partial charge is 0.493 e. The molecule has 2 aromatic rings. The molecule has 0 saturated carbocycles. The van der Waals surface area contributed by atoms with E-state index < -0.39 is 10.0 Å². The first-order chi connectivity index (χ1) is 10.9. The summed E-state index contributed by atoms with van der Waals surface area (Å²) in [6.45, 7) is 3.68. The summed E-state index contributed by atoms with van der Waals surface area (Å²) in [5, 5.41) is 0. The zero-order valence-corrected chi connectivity index (χ0v) is 14.5. The Kier molecular flexibility index (Phi) is 5.15. The van der Waals surface area contributed by atoms with Crippen molar-refractivity contribution >= 4 is 15.7 Å². The molecule has 124 valence electrons. The highest BCUT2D eigenvalue weighted by Crippen LogP contribution is 2.32. The predicted molar refractivity (Wildman–Crippen MR) is 90.8 cm³/mol. The van der Waals surface area contributed by atoms with Crippen molar-refractivity contribution in [2.24, 2.45) is 0 Å². The molecule has 0 atom stereocenters. The topological polar surface area (TPSA) is 55.8 Å². The summed E-state index contributed by atoms with van der Waals surface area (Å²) in [4.78, 5) is 0.160. The number of sulfonamides is 1. The molecule has 6 heteroatoms. The third-order valence-electron chi connectivity index (χ3n) is 3.39. The maximum atomic E-state index is 13.1. The molecule has 0 aliphatic rings. The number of nitrogens with zero attached hydrogens (tertiary/aromatic N) is 1. The van der Waals surface area contributed by atoms with E-state index in [9.17, 15) is 8.42 Å². The first-order valence-corrected chi connectivity index (χ1v) is 8.67. The van der Waals surface area contributed by atoms with E-state index in [0.29, 0.717) is 17.2 Å². The van der Waals surface area contributed by atoms with Gasteiger partial charge in [0.25, 0.3) is 10.0 Å². The van der Waals surface area contributed by atoms with Gasteiger partial charge in [-0.3, -0.25) is 4.31 Å². The van der Waals surface area contributed by atoms with Crippen LogP contribution >= 0.6 is 0 Å². The average Bonchev–Trinajstić information content (AvgIpc) is 2.54. The van der Waals surface area contributed by atoms with E-state index in [4.69, 9.17) is 9.47 Å². The lowest BCUT2D eigenvalue weighted by Crippen LogP contribution is -2.37. The molecule has 0 unspecified atom stereocenters. The van der Waals surface area contributed by atoms with Crippen LogP contribution in [0, 0.1) is 0 Å². The Bertz CT molecular complexity index is 757. The molecule has 0 radical (unpaired) electrons. The molecule has 0 aromatic heterocycles. The molecule has 0 amide bonds.